The van der Waals surface area contributed by atoms with E-state index in [1.807, 2.05) is 6.07 Å². The van der Waals surface area contributed by atoms with Crippen LogP contribution in [-0.2, 0) is 11.2 Å². The van der Waals surface area contributed by atoms with Crippen molar-refractivity contribution in [3.8, 4) is 0 Å². The summed E-state index contributed by atoms with van der Waals surface area (Å²) in [6, 6.07) is 19.3. The van der Waals surface area contributed by atoms with Crippen molar-refractivity contribution in [3.05, 3.63) is 101 Å². The Hall–Kier alpha value is -3.77. The number of carbonyl (C=O) groups is 2. The van der Waals surface area contributed by atoms with E-state index in [2.05, 4.69) is 5.32 Å². The second kappa shape index (κ2) is 8.31. The molecule has 0 bridgehead atoms. The first-order chi connectivity index (χ1) is 14.5. The van der Waals surface area contributed by atoms with Gasteiger partial charge in [-0.3, -0.25) is 14.8 Å². The van der Waals surface area contributed by atoms with E-state index in [-0.39, 0.29) is 16.2 Å². The van der Waals surface area contributed by atoms with Gasteiger partial charge in [0.25, 0.3) is 11.8 Å². The lowest BCUT2D eigenvalue weighted by atomic mass is 10.0. The van der Waals surface area contributed by atoms with Crippen molar-refractivity contribution < 1.29 is 19.2 Å². The number of nitrogens with zero attached hydrogens (tertiary/aromatic N) is 1. The maximum Gasteiger partial charge on any atom is 0.285 e. The first-order valence-electron chi connectivity index (χ1n) is 9.50. The number of hydroxylamine groups is 2. The van der Waals surface area contributed by atoms with Crippen LogP contribution < -0.4 is 5.32 Å². The molecule has 0 unspecified atom stereocenters. The Kier molecular flexibility index (Phi) is 5.41. The quantitative estimate of drug-likeness (QED) is 0.294. The molecule has 1 aliphatic heterocycles. The summed E-state index contributed by atoms with van der Waals surface area (Å²) >= 11 is 0. The molecule has 1 heterocycles. The zero-order valence-electron chi connectivity index (χ0n) is 16.0. The van der Waals surface area contributed by atoms with E-state index in [1.54, 1.807) is 42.5 Å². The molecule has 2 amide bonds. The first kappa shape index (κ1) is 19.5. The summed E-state index contributed by atoms with van der Waals surface area (Å²) < 4.78 is 13.2. The minimum Gasteiger partial charge on any atom is -0.384 e. The van der Waals surface area contributed by atoms with Gasteiger partial charge in [0.15, 0.2) is 0 Å². The molecule has 30 heavy (non-hydrogen) atoms. The monoisotopic (exact) mass is 402 g/mol. The standard InChI is InChI=1S/C24H19FN2O3/c25-20-10-6-16(7-11-20)14-21(17-4-2-1-3-5-17)24(29)27(30)23(28)19-9-8-18-12-13-26-22(18)15-19/h1-11,14-15,26,30H,12-13H2. The van der Waals surface area contributed by atoms with Gasteiger partial charge in [-0.05, 0) is 53.5 Å². The van der Waals surface area contributed by atoms with Crippen LogP contribution in [0.25, 0.3) is 11.6 Å². The second-order valence-corrected chi connectivity index (χ2v) is 6.95. The molecule has 0 fully saturated rings. The Balaban J connectivity index is 1.67. The zero-order valence-corrected chi connectivity index (χ0v) is 16.0. The summed E-state index contributed by atoms with van der Waals surface area (Å²) in [5.74, 6) is -2.09. The van der Waals surface area contributed by atoms with Crippen molar-refractivity contribution in [1.82, 2.24) is 5.06 Å². The predicted octanol–water partition coefficient (Wildman–Crippen LogP) is 4.39. The van der Waals surface area contributed by atoms with E-state index < -0.39 is 17.6 Å². The molecule has 4 rings (SSSR count). The van der Waals surface area contributed by atoms with Gasteiger partial charge in [-0.15, -0.1) is 5.06 Å². The molecule has 1 aliphatic rings. The highest BCUT2D eigenvalue weighted by Crippen LogP contribution is 2.25. The molecule has 6 heteroatoms. The minimum absolute atomic E-state index is 0.109. The molecule has 150 valence electrons. The molecular formula is C24H19FN2O3. The second-order valence-electron chi connectivity index (χ2n) is 6.95. The van der Waals surface area contributed by atoms with Crippen molar-refractivity contribution in [3.63, 3.8) is 0 Å². The molecule has 5 nitrogen and oxygen atoms in total. The third kappa shape index (κ3) is 3.99. The van der Waals surface area contributed by atoms with E-state index in [0.29, 0.717) is 11.1 Å². The van der Waals surface area contributed by atoms with Gasteiger partial charge >= 0.3 is 0 Å². The number of anilines is 1. The fraction of sp³-hybridized carbons (Fsp3) is 0.0833. The lowest BCUT2D eigenvalue weighted by Gasteiger charge is -2.16. The number of halogens is 1. The average molecular weight is 402 g/mol. The van der Waals surface area contributed by atoms with E-state index in [4.69, 9.17) is 0 Å². The number of rotatable bonds is 4. The smallest absolute Gasteiger partial charge is 0.285 e. The van der Waals surface area contributed by atoms with Gasteiger partial charge in [-0.25, -0.2) is 4.39 Å². The molecule has 0 saturated heterocycles. The van der Waals surface area contributed by atoms with Crippen LogP contribution >= 0.6 is 0 Å². The fourth-order valence-corrected chi connectivity index (χ4v) is 3.36. The Morgan fingerprint density at radius 2 is 1.70 bits per heavy atom. The summed E-state index contributed by atoms with van der Waals surface area (Å²) in [6.45, 7) is 0.785. The van der Waals surface area contributed by atoms with Crippen molar-refractivity contribution in [1.29, 1.82) is 0 Å². The number of fused-ring (bicyclic) bond motifs is 1. The molecule has 0 radical (unpaired) electrons. The number of nitrogens with one attached hydrogen (secondary N) is 1. The fourth-order valence-electron chi connectivity index (χ4n) is 3.36. The molecular weight excluding hydrogens is 383 g/mol. The first-order valence-corrected chi connectivity index (χ1v) is 9.50. The lowest BCUT2D eigenvalue weighted by molar-refractivity contribution is -0.146. The van der Waals surface area contributed by atoms with Crippen LogP contribution in [0.2, 0.25) is 0 Å². The van der Waals surface area contributed by atoms with Crippen LogP contribution in [0.4, 0.5) is 10.1 Å². The van der Waals surface area contributed by atoms with Gasteiger partial charge in [0.1, 0.15) is 5.82 Å². The maximum atomic E-state index is 13.2. The van der Waals surface area contributed by atoms with E-state index in [9.17, 15) is 19.2 Å². The minimum atomic E-state index is -0.871. The highest BCUT2D eigenvalue weighted by Gasteiger charge is 2.26. The molecule has 3 aromatic carbocycles. The van der Waals surface area contributed by atoms with Crippen molar-refractivity contribution in [2.24, 2.45) is 0 Å². The van der Waals surface area contributed by atoms with Crippen LogP contribution in [0.1, 0.15) is 27.0 Å². The highest BCUT2D eigenvalue weighted by atomic mass is 19.1. The van der Waals surface area contributed by atoms with Crippen LogP contribution in [0.15, 0.2) is 72.8 Å². The molecule has 0 atom stereocenters. The molecule has 0 saturated carbocycles. The zero-order chi connectivity index (χ0) is 21.1. The largest absolute Gasteiger partial charge is 0.384 e. The normalized spacial score (nSPS) is 12.8. The van der Waals surface area contributed by atoms with Crippen LogP contribution in [0.3, 0.4) is 0 Å². The molecule has 0 aliphatic carbocycles. The Morgan fingerprint density at radius 1 is 0.967 bits per heavy atom. The summed E-state index contributed by atoms with van der Waals surface area (Å²) in [6.07, 6.45) is 2.38. The third-order valence-corrected chi connectivity index (χ3v) is 4.95. The number of hydrogen-bond acceptors (Lipinski definition) is 4. The number of amides is 2. The number of benzene rings is 3. The van der Waals surface area contributed by atoms with Gasteiger partial charge in [-0.2, -0.15) is 0 Å². The Morgan fingerprint density at radius 3 is 2.43 bits per heavy atom. The van der Waals surface area contributed by atoms with Crippen molar-refractivity contribution >= 4 is 29.2 Å². The highest BCUT2D eigenvalue weighted by molar-refractivity contribution is 6.28. The SMILES string of the molecule is O=C(C(=Cc1ccc(F)cc1)c1ccccc1)N(O)C(=O)c1ccc2c(c1)NCC2. The predicted molar refractivity (Wildman–Crippen MR) is 112 cm³/mol. The third-order valence-electron chi connectivity index (χ3n) is 4.95. The Labute approximate surface area is 173 Å². The van der Waals surface area contributed by atoms with E-state index >= 15 is 0 Å². The van der Waals surface area contributed by atoms with Crippen LogP contribution in [0.5, 0.6) is 0 Å². The van der Waals surface area contributed by atoms with Gasteiger partial charge in [-0.1, -0.05) is 48.5 Å². The van der Waals surface area contributed by atoms with Gasteiger partial charge in [0, 0.05) is 17.8 Å². The number of carbonyl (C=O) groups excluding carboxylic acids is 2. The lowest BCUT2D eigenvalue weighted by Crippen LogP contribution is -2.34. The van der Waals surface area contributed by atoms with E-state index in [0.717, 1.165) is 24.2 Å². The molecule has 3 aromatic rings. The summed E-state index contributed by atoms with van der Waals surface area (Å²) in [5, 5.41) is 13.7. The number of imide groups is 1. The molecule has 0 spiro atoms. The molecule has 0 aromatic heterocycles. The average Bonchev–Trinajstić information content (AvgIpc) is 3.26. The maximum absolute atomic E-state index is 13.2. The van der Waals surface area contributed by atoms with Crippen LogP contribution in [0, 0.1) is 5.82 Å². The number of hydrogen-bond donors (Lipinski definition) is 2. The Bertz CT molecular complexity index is 1120. The summed E-state index contributed by atoms with van der Waals surface area (Å²) in [5.41, 5.74) is 3.31. The topological polar surface area (TPSA) is 69.6 Å². The van der Waals surface area contributed by atoms with Crippen molar-refractivity contribution in [2.45, 2.75) is 6.42 Å². The van der Waals surface area contributed by atoms with Gasteiger partial charge in [0.05, 0.1) is 5.57 Å². The van der Waals surface area contributed by atoms with Crippen molar-refractivity contribution in [2.75, 3.05) is 11.9 Å². The molecule has 2 N–H and O–H groups in total. The van der Waals surface area contributed by atoms with E-state index in [1.165, 1.54) is 30.3 Å². The summed E-state index contributed by atoms with van der Waals surface area (Å²) in [7, 11) is 0. The van der Waals surface area contributed by atoms with Gasteiger partial charge in [0.2, 0.25) is 0 Å². The van der Waals surface area contributed by atoms with Gasteiger partial charge < -0.3 is 5.32 Å². The van der Waals surface area contributed by atoms with Crippen LogP contribution in [-0.4, -0.2) is 28.6 Å². The summed E-state index contributed by atoms with van der Waals surface area (Å²) in [4.78, 5) is 25.8.